The first-order valence-electron chi connectivity index (χ1n) is 6.48. The third-order valence-electron chi connectivity index (χ3n) is 3.21. The Kier molecular flexibility index (Phi) is 5.37. The fourth-order valence-corrected chi connectivity index (χ4v) is 2.82. The molecule has 0 bridgehead atoms. The van der Waals surface area contributed by atoms with Crippen molar-refractivity contribution in [2.45, 2.75) is 13.0 Å². The maximum Gasteiger partial charge on any atom is 0.127 e. The van der Waals surface area contributed by atoms with Crippen LogP contribution < -0.4 is 14.8 Å². The van der Waals surface area contributed by atoms with Crippen molar-refractivity contribution in [2.75, 3.05) is 19.5 Å². The molecule has 0 radical (unpaired) electrons. The zero-order chi connectivity index (χ0) is 15.4. The van der Waals surface area contributed by atoms with Crippen molar-refractivity contribution in [1.82, 2.24) is 0 Å². The van der Waals surface area contributed by atoms with Crippen molar-refractivity contribution in [1.29, 1.82) is 0 Å². The summed E-state index contributed by atoms with van der Waals surface area (Å²) in [6.45, 7) is 2.06. The maximum atomic E-state index is 6.24. The van der Waals surface area contributed by atoms with Gasteiger partial charge in [-0.25, -0.2) is 0 Å². The Morgan fingerprint density at radius 1 is 1.10 bits per heavy atom. The third kappa shape index (κ3) is 3.83. The molecule has 0 aliphatic carbocycles. The summed E-state index contributed by atoms with van der Waals surface area (Å²) in [5.41, 5.74) is 1.92. The molecule has 0 spiro atoms. The maximum absolute atomic E-state index is 6.24. The van der Waals surface area contributed by atoms with Crippen LogP contribution in [0.15, 0.2) is 40.9 Å². The predicted octanol–water partition coefficient (Wildman–Crippen LogP) is 5.29. The van der Waals surface area contributed by atoms with Crippen molar-refractivity contribution < 1.29 is 9.47 Å². The summed E-state index contributed by atoms with van der Waals surface area (Å²) in [4.78, 5) is 0. The summed E-state index contributed by atoms with van der Waals surface area (Å²) in [5.74, 6) is 1.55. The van der Waals surface area contributed by atoms with E-state index in [0.29, 0.717) is 5.02 Å². The van der Waals surface area contributed by atoms with Gasteiger partial charge in [0, 0.05) is 16.1 Å². The average molecular weight is 371 g/mol. The second-order valence-electron chi connectivity index (χ2n) is 4.60. The van der Waals surface area contributed by atoms with Crippen LogP contribution in [0, 0.1) is 0 Å². The molecule has 0 saturated heterocycles. The lowest BCUT2D eigenvalue weighted by Gasteiger charge is -2.20. The molecule has 1 unspecified atom stereocenters. The molecule has 21 heavy (non-hydrogen) atoms. The molecule has 0 fully saturated rings. The number of nitrogens with one attached hydrogen (secondary N) is 1. The standard InChI is InChI=1S/C16H17BrClNO2/c1-10(19-15-7-4-11(17)8-14(15)18)13-6-5-12(20-2)9-16(13)21-3/h4-10,19H,1-3H3. The van der Waals surface area contributed by atoms with Gasteiger partial charge in [0.15, 0.2) is 0 Å². The fourth-order valence-electron chi connectivity index (χ4n) is 2.09. The topological polar surface area (TPSA) is 30.5 Å². The molecule has 5 heteroatoms. The summed E-state index contributed by atoms with van der Waals surface area (Å²) in [7, 11) is 3.29. The number of methoxy groups -OCH3 is 2. The molecule has 1 N–H and O–H groups in total. The van der Waals surface area contributed by atoms with Crippen LogP contribution in [-0.2, 0) is 0 Å². The Morgan fingerprint density at radius 3 is 2.48 bits per heavy atom. The molecule has 0 aliphatic heterocycles. The van der Waals surface area contributed by atoms with Crippen LogP contribution in [0.4, 0.5) is 5.69 Å². The fraction of sp³-hybridized carbons (Fsp3) is 0.250. The van der Waals surface area contributed by atoms with Crippen LogP contribution in [0.3, 0.4) is 0 Å². The Hall–Kier alpha value is -1.39. The minimum atomic E-state index is 0.0459. The van der Waals surface area contributed by atoms with E-state index in [0.717, 1.165) is 27.2 Å². The Labute approximate surface area is 138 Å². The first-order valence-corrected chi connectivity index (χ1v) is 7.65. The minimum absolute atomic E-state index is 0.0459. The summed E-state index contributed by atoms with van der Waals surface area (Å²) in [6, 6.07) is 11.6. The predicted molar refractivity (Wildman–Crippen MR) is 90.7 cm³/mol. The molecular weight excluding hydrogens is 354 g/mol. The monoisotopic (exact) mass is 369 g/mol. The molecular formula is C16H17BrClNO2. The van der Waals surface area contributed by atoms with Gasteiger partial charge in [0.25, 0.3) is 0 Å². The van der Waals surface area contributed by atoms with Gasteiger partial charge in [0.1, 0.15) is 11.5 Å². The molecule has 2 aromatic rings. The highest BCUT2D eigenvalue weighted by Crippen LogP contribution is 2.33. The molecule has 2 aromatic carbocycles. The zero-order valence-corrected chi connectivity index (χ0v) is 14.5. The van der Waals surface area contributed by atoms with Gasteiger partial charge in [0.05, 0.1) is 31.0 Å². The molecule has 0 heterocycles. The molecule has 3 nitrogen and oxygen atoms in total. The Bertz CT molecular complexity index is 634. The van der Waals surface area contributed by atoms with E-state index in [4.69, 9.17) is 21.1 Å². The number of rotatable bonds is 5. The van der Waals surface area contributed by atoms with Crippen LogP contribution in [0.1, 0.15) is 18.5 Å². The second-order valence-corrected chi connectivity index (χ2v) is 5.92. The molecule has 112 valence electrons. The van der Waals surface area contributed by atoms with Gasteiger partial charge in [0.2, 0.25) is 0 Å². The van der Waals surface area contributed by atoms with Crippen molar-refractivity contribution >= 4 is 33.2 Å². The quantitative estimate of drug-likeness (QED) is 0.775. The van der Waals surface area contributed by atoms with E-state index in [1.807, 2.05) is 36.4 Å². The summed E-state index contributed by atoms with van der Waals surface area (Å²) >= 11 is 9.64. The summed E-state index contributed by atoms with van der Waals surface area (Å²) in [5, 5.41) is 4.06. The van der Waals surface area contributed by atoms with E-state index in [1.54, 1.807) is 14.2 Å². The molecule has 0 aromatic heterocycles. The van der Waals surface area contributed by atoms with Gasteiger partial charge < -0.3 is 14.8 Å². The zero-order valence-electron chi connectivity index (χ0n) is 12.1. The lowest BCUT2D eigenvalue weighted by atomic mass is 10.1. The van der Waals surface area contributed by atoms with Crippen LogP contribution >= 0.6 is 27.5 Å². The van der Waals surface area contributed by atoms with Gasteiger partial charge in [-0.3, -0.25) is 0 Å². The van der Waals surface area contributed by atoms with Gasteiger partial charge in [-0.05, 0) is 37.3 Å². The molecule has 0 aliphatic rings. The first-order chi connectivity index (χ1) is 10.0. The molecule has 0 amide bonds. The Balaban J connectivity index is 2.25. The molecule has 1 atom stereocenters. The van der Waals surface area contributed by atoms with Crippen LogP contribution in [0.5, 0.6) is 11.5 Å². The highest BCUT2D eigenvalue weighted by molar-refractivity contribution is 9.10. The normalized spacial score (nSPS) is 11.9. The van der Waals surface area contributed by atoms with E-state index in [2.05, 4.69) is 28.2 Å². The highest BCUT2D eigenvalue weighted by Gasteiger charge is 2.13. The summed E-state index contributed by atoms with van der Waals surface area (Å²) in [6.07, 6.45) is 0. The largest absolute Gasteiger partial charge is 0.497 e. The van der Waals surface area contributed by atoms with E-state index in [1.165, 1.54) is 0 Å². The summed E-state index contributed by atoms with van der Waals surface area (Å²) < 4.78 is 11.6. The van der Waals surface area contributed by atoms with E-state index >= 15 is 0 Å². The van der Waals surface area contributed by atoms with Crippen molar-refractivity contribution in [3.8, 4) is 11.5 Å². The number of anilines is 1. The van der Waals surface area contributed by atoms with E-state index in [9.17, 15) is 0 Å². The molecule has 0 saturated carbocycles. The average Bonchev–Trinajstić information content (AvgIpc) is 2.49. The van der Waals surface area contributed by atoms with Gasteiger partial charge >= 0.3 is 0 Å². The second kappa shape index (κ2) is 7.05. The van der Waals surface area contributed by atoms with Crippen LogP contribution in [0.25, 0.3) is 0 Å². The lowest BCUT2D eigenvalue weighted by molar-refractivity contribution is 0.390. The number of benzene rings is 2. The highest BCUT2D eigenvalue weighted by atomic mass is 79.9. The lowest BCUT2D eigenvalue weighted by Crippen LogP contribution is -2.08. The number of hydrogen-bond donors (Lipinski definition) is 1. The van der Waals surface area contributed by atoms with Crippen LogP contribution in [-0.4, -0.2) is 14.2 Å². The van der Waals surface area contributed by atoms with E-state index < -0.39 is 0 Å². The first kappa shape index (κ1) is 16.0. The third-order valence-corrected chi connectivity index (χ3v) is 4.02. The van der Waals surface area contributed by atoms with Gasteiger partial charge in [-0.15, -0.1) is 0 Å². The smallest absolute Gasteiger partial charge is 0.127 e. The van der Waals surface area contributed by atoms with Crippen LogP contribution in [0.2, 0.25) is 5.02 Å². The number of halogens is 2. The molecule has 2 rings (SSSR count). The number of ether oxygens (including phenoxy) is 2. The van der Waals surface area contributed by atoms with Crippen molar-refractivity contribution in [2.24, 2.45) is 0 Å². The van der Waals surface area contributed by atoms with Gasteiger partial charge in [-0.2, -0.15) is 0 Å². The minimum Gasteiger partial charge on any atom is -0.497 e. The van der Waals surface area contributed by atoms with E-state index in [-0.39, 0.29) is 6.04 Å². The Morgan fingerprint density at radius 2 is 1.86 bits per heavy atom. The SMILES string of the molecule is COc1ccc(C(C)Nc2ccc(Br)cc2Cl)c(OC)c1. The van der Waals surface area contributed by atoms with Gasteiger partial charge in [-0.1, -0.05) is 27.5 Å². The van der Waals surface area contributed by atoms with Crippen molar-refractivity contribution in [3.63, 3.8) is 0 Å². The number of hydrogen-bond acceptors (Lipinski definition) is 3. The van der Waals surface area contributed by atoms with Crippen molar-refractivity contribution in [3.05, 3.63) is 51.5 Å².